The molecule has 9 heteroatoms. The number of anilines is 2. The Morgan fingerprint density at radius 2 is 1.93 bits per heavy atom. The van der Waals surface area contributed by atoms with Crippen LogP contribution in [0.3, 0.4) is 0 Å². The Bertz CT molecular complexity index is 959. The van der Waals surface area contributed by atoms with E-state index in [2.05, 4.69) is 10.6 Å². The highest BCUT2D eigenvalue weighted by Crippen LogP contribution is 2.27. The van der Waals surface area contributed by atoms with Crippen LogP contribution in [-0.4, -0.2) is 43.5 Å². The van der Waals surface area contributed by atoms with Crippen molar-refractivity contribution in [2.75, 3.05) is 31.3 Å². The molecule has 1 unspecified atom stereocenters. The maximum absolute atomic E-state index is 12.5. The normalized spacial score (nSPS) is 11.5. The van der Waals surface area contributed by atoms with Crippen LogP contribution >= 0.6 is 23.2 Å². The van der Waals surface area contributed by atoms with E-state index in [9.17, 15) is 9.59 Å². The van der Waals surface area contributed by atoms with Crippen LogP contribution in [0.25, 0.3) is 0 Å². The van der Waals surface area contributed by atoms with E-state index in [-0.39, 0.29) is 23.4 Å². The molecule has 0 heterocycles. The smallest absolute Gasteiger partial charge is 0.241 e. The Morgan fingerprint density at radius 3 is 2.55 bits per heavy atom. The molecule has 2 N–H and O–H groups in total. The molecule has 29 heavy (non-hydrogen) atoms. The molecule has 2 amide bonds. The number of benzene rings is 2. The molecule has 0 aromatic heterocycles. The molecule has 0 saturated carbocycles. The van der Waals surface area contributed by atoms with Gasteiger partial charge in [-0.2, -0.15) is 5.26 Å². The van der Waals surface area contributed by atoms with E-state index in [1.54, 1.807) is 43.1 Å². The summed E-state index contributed by atoms with van der Waals surface area (Å²) in [6.07, 6.45) is 0. The summed E-state index contributed by atoms with van der Waals surface area (Å²) in [7, 11) is 3.15. The third-order valence-corrected chi connectivity index (χ3v) is 4.77. The van der Waals surface area contributed by atoms with Gasteiger partial charge in [0.15, 0.2) is 0 Å². The van der Waals surface area contributed by atoms with E-state index < -0.39 is 6.04 Å². The Balaban J connectivity index is 1.97. The van der Waals surface area contributed by atoms with Crippen LogP contribution in [0.4, 0.5) is 11.4 Å². The Hall–Kier alpha value is -2.79. The summed E-state index contributed by atoms with van der Waals surface area (Å²) in [5.41, 5.74) is 1.23. The largest absolute Gasteiger partial charge is 0.495 e. The molecule has 0 saturated heterocycles. The fraction of sp³-hybridized carbons (Fsp3) is 0.250. The van der Waals surface area contributed by atoms with Crippen molar-refractivity contribution >= 4 is 46.4 Å². The zero-order chi connectivity index (χ0) is 21.6. The number of carbonyl (C=O) groups excluding carboxylic acids is 2. The molecule has 0 aliphatic rings. The standard InChI is InChI=1S/C20H20Cl2N4O3/c1-12(20(28)24-15-6-4-13(10-23)16(22)9-15)26(2)11-19(27)25-17-8-14(21)5-7-18(17)29-3/h4-9,12H,11H2,1-3H3,(H,24,28)(H,25,27). The predicted molar refractivity (Wildman–Crippen MR) is 114 cm³/mol. The second-order valence-corrected chi connectivity index (χ2v) is 7.12. The Labute approximate surface area is 179 Å². The number of hydrogen-bond acceptors (Lipinski definition) is 5. The molecule has 0 fully saturated rings. The van der Waals surface area contributed by atoms with Gasteiger partial charge in [-0.05, 0) is 50.4 Å². The number of rotatable bonds is 7. The highest BCUT2D eigenvalue weighted by Gasteiger charge is 2.21. The maximum atomic E-state index is 12.5. The summed E-state index contributed by atoms with van der Waals surface area (Å²) in [5, 5.41) is 15.1. The van der Waals surface area contributed by atoms with Gasteiger partial charge in [-0.1, -0.05) is 23.2 Å². The zero-order valence-corrected chi connectivity index (χ0v) is 17.6. The van der Waals surface area contributed by atoms with Crippen LogP contribution in [0.15, 0.2) is 36.4 Å². The molecule has 152 valence electrons. The molecule has 2 rings (SSSR count). The molecule has 2 aromatic rings. The lowest BCUT2D eigenvalue weighted by Gasteiger charge is -2.23. The van der Waals surface area contributed by atoms with Crippen LogP contribution in [0.2, 0.25) is 10.0 Å². The first-order chi connectivity index (χ1) is 13.7. The summed E-state index contributed by atoms with van der Waals surface area (Å²) in [6, 6.07) is 10.9. The number of methoxy groups -OCH3 is 1. The molecule has 2 aromatic carbocycles. The van der Waals surface area contributed by atoms with Gasteiger partial charge in [0.2, 0.25) is 11.8 Å². The van der Waals surface area contributed by atoms with Crippen molar-refractivity contribution < 1.29 is 14.3 Å². The number of nitriles is 1. The number of hydrogen-bond donors (Lipinski definition) is 2. The molecule has 0 aliphatic heterocycles. The zero-order valence-electron chi connectivity index (χ0n) is 16.1. The van der Waals surface area contributed by atoms with Crippen molar-refractivity contribution in [3.05, 3.63) is 52.0 Å². The molecular formula is C20H20Cl2N4O3. The van der Waals surface area contributed by atoms with Crippen LogP contribution in [0, 0.1) is 11.3 Å². The predicted octanol–water partition coefficient (Wildman–Crippen LogP) is 3.77. The van der Waals surface area contributed by atoms with E-state index in [0.717, 1.165) is 0 Å². The average molecular weight is 435 g/mol. The third kappa shape index (κ3) is 6.09. The van der Waals surface area contributed by atoms with E-state index in [1.807, 2.05) is 6.07 Å². The van der Waals surface area contributed by atoms with Crippen molar-refractivity contribution in [1.29, 1.82) is 5.26 Å². The van der Waals surface area contributed by atoms with Gasteiger partial charge in [-0.25, -0.2) is 0 Å². The summed E-state index contributed by atoms with van der Waals surface area (Å²) < 4.78 is 5.20. The van der Waals surface area contributed by atoms with Gasteiger partial charge in [-0.15, -0.1) is 0 Å². The van der Waals surface area contributed by atoms with Crippen LogP contribution in [0.1, 0.15) is 12.5 Å². The SMILES string of the molecule is COc1ccc(Cl)cc1NC(=O)CN(C)C(C)C(=O)Nc1ccc(C#N)c(Cl)c1. The summed E-state index contributed by atoms with van der Waals surface area (Å²) in [5.74, 6) is -0.163. The van der Waals surface area contributed by atoms with Gasteiger partial charge in [-0.3, -0.25) is 14.5 Å². The quantitative estimate of drug-likeness (QED) is 0.691. The van der Waals surface area contributed by atoms with Crippen LogP contribution in [0.5, 0.6) is 5.75 Å². The molecular weight excluding hydrogens is 415 g/mol. The molecule has 7 nitrogen and oxygen atoms in total. The first-order valence-corrected chi connectivity index (χ1v) is 9.35. The minimum Gasteiger partial charge on any atom is -0.495 e. The highest BCUT2D eigenvalue weighted by atomic mass is 35.5. The van der Waals surface area contributed by atoms with Gasteiger partial charge in [0, 0.05) is 10.7 Å². The number of ether oxygens (including phenoxy) is 1. The van der Waals surface area contributed by atoms with Crippen molar-refractivity contribution in [3.63, 3.8) is 0 Å². The fourth-order valence-electron chi connectivity index (χ4n) is 2.46. The molecule has 0 bridgehead atoms. The average Bonchev–Trinajstić information content (AvgIpc) is 2.67. The lowest BCUT2D eigenvalue weighted by molar-refractivity contribution is -0.122. The van der Waals surface area contributed by atoms with Crippen molar-refractivity contribution in [2.45, 2.75) is 13.0 Å². The number of nitrogens with one attached hydrogen (secondary N) is 2. The summed E-state index contributed by atoms with van der Waals surface area (Å²) >= 11 is 11.9. The number of halogens is 2. The lowest BCUT2D eigenvalue weighted by Crippen LogP contribution is -2.43. The Morgan fingerprint density at radius 1 is 1.21 bits per heavy atom. The van der Waals surface area contributed by atoms with E-state index >= 15 is 0 Å². The van der Waals surface area contributed by atoms with E-state index in [4.69, 9.17) is 33.2 Å². The van der Waals surface area contributed by atoms with Crippen molar-refractivity contribution in [3.8, 4) is 11.8 Å². The van der Waals surface area contributed by atoms with Gasteiger partial charge in [0.05, 0.1) is 36.0 Å². The number of carbonyl (C=O) groups is 2. The molecule has 1 atom stereocenters. The number of likely N-dealkylation sites (N-methyl/N-ethyl adjacent to an activating group) is 1. The third-order valence-electron chi connectivity index (χ3n) is 4.23. The second-order valence-electron chi connectivity index (χ2n) is 6.28. The topological polar surface area (TPSA) is 94.5 Å². The highest BCUT2D eigenvalue weighted by molar-refractivity contribution is 6.32. The van der Waals surface area contributed by atoms with Crippen LogP contribution in [-0.2, 0) is 9.59 Å². The maximum Gasteiger partial charge on any atom is 0.241 e. The summed E-state index contributed by atoms with van der Waals surface area (Å²) in [4.78, 5) is 26.4. The van der Waals surface area contributed by atoms with Crippen molar-refractivity contribution in [1.82, 2.24) is 4.90 Å². The first kappa shape index (κ1) is 22.5. The second kappa shape index (κ2) is 10.1. The van der Waals surface area contributed by atoms with Gasteiger partial charge < -0.3 is 15.4 Å². The van der Waals surface area contributed by atoms with Gasteiger partial charge in [0.25, 0.3) is 0 Å². The molecule has 0 radical (unpaired) electrons. The molecule has 0 spiro atoms. The van der Waals surface area contributed by atoms with Gasteiger partial charge >= 0.3 is 0 Å². The van der Waals surface area contributed by atoms with Gasteiger partial charge in [0.1, 0.15) is 11.8 Å². The minimum absolute atomic E-state index is 0.0294. The fourth-order valence-corrected chi connectivity index (χ4v) is 2.86. The Kier molecular flexibility index (Phi) is 7.85. The van der Waals surface area contributed by atoms with E-state index in [1.165, 1.54) is 19.2 Å². The first-order valence-electron chi connectivity index (χ1n) is 8.59. The summed E-state index contributed by atoms with van der Waals surface area (Å²) in [6.45, 7) is 1.65. The minimum atomic E-state index is -0.601. The van der Waals surface area contributed by atoms with Crippen LogP contribution < -0.4 is 15.4 Å². The van der Waals surface area contributed by atoms with Crippen molar-refractivity contribution in [2.24, 2.45) is 0 Å². The van der Waals surface area contributed by atoms with E-state index in [0.29, 0.717) is 27.7 Å². The lowest BCUT2D eigenvalue weighted by atomic mass is 10.2. The monoisotopic (exact) mass is 434 g/mol. The molecule has 0 aliphatic carbocycles. The number of amides is 2. The number of nitrogens with zero attached hydrogens (tertiary/aromatic N) is 2.